The highest BCUT2D eigenvalue weighted by Crippen LogP contribution is 2.56. The SMILES string of the molecule is Cc1noc(-c2ccc(N(C)C(=O)[C@H]3[C@H](C(=O)O)C3(F)F)cc2)c1NC(=O)OCCc1ccccc1Cl. The Hall–Kier alpha value is -3.99. The van der Waals surface area contributed by atoms with E-state index in [1.54, 1.807) is 31.2 Å². The fourth-order valence-corrected chi connectivity index (χ4v) is 4.15. The Morgan fingerprint density at radius 2 is 1.84 bits per heavy atom. The van der Waals surface area contributed by atoms with Crippen LogP contribution >= 0.6 is 11.6 Å². The number of aryl methyl sites for hydroxylation is 1. The van der Waals surface area contributed by atoms with Crippen LogP contribution in [-0.4, -0.2) is 47.8 Å². The number of nitrogens with zero attached hydrogens (tertiary/aromatic N) is 2. The van der Waals surface area contributed by atoms with Crippen molar-refractivity contribution >= 4 is 40.9 Å². The Labute approximate surface area is 214 Å². The molecule has 194 valence electrons. The van der Waals surface area contributed by atoms with Crippen molar-refractivity contribution in [3.8, 4) is 11.3 Å². The van der Waals surface area contributed by atoms with Crippen molar-refractivity contribution in [2.75, 3.05) is 23.9 Å². The number of anilines is 2. The lowest BCUT2D eigenvalue weighted by Gasteiger charge is -2.17. The third-order valence-corrected chi connectivity index (χ3v) is 6.45. The van der Waals surface area contributed by atoms with E-state index in [9.17, 15) is 23.2 Å². The molecule has 0 saturated heterocycles. The molecule has 12 heteroatoms. The quantitative estimate of drug-likeness (QED) is 0.416. The summed E-state index contributed by atoms with van der Waals surface area (Å²) in [6, 6.07) is 13.3. The zero-order valence-corrected chi connectivity index (χ0v) is 20.5. The normalized spacial score (nSPS) is 17.6. The molecule has 0 aliphatic heterocycles. The molecule has 4 rings (SSSR count). The summed E-state index contributed by atoms with van der Waals surface area (Å²) in [4.78, 5) is 36.8. The van der Waals surface area contributed by atoms with Crippen LogP contribution in [0.3, 0.4) is 0 Å². The summed E-state index contributed by atoms with van der Waals surface area (Å²) in [6.07, 6.45) is -0.295. The Morgan fingerprint density at radius 1 is 1.16 bits per heavy atom. The van der Waals surface area contributed by atoms with Gasteiger partial charge in [-0.2, -0.15) is 0 Å². The third-order valence-electron chi connectivity index (χ3n) is 6.09. The molecule has 2 N–H and O–H groups in total. The predicted molar refractivity (Wildman–Crippen MR) is 130 cm³/mol. The molecule has 0 bridgehead atoms. The van der Waals surface area contributed by atoms with Gasteiger partial charge in [0.2, 0.25) is 5.91 Å². The molecule has 1 aliphatic rings. The first kappa shape index (κ1) is 26.1. The standard InChI is InChI=1S/C25H22ClF2N3O6/c1-13-20(29-24(35)36-12-11-14-5-3-4-6-17(14)26)21(37-30-13)15-7-9-16(10-8-15)31(2)22(32)18-19(23(33)34)25(18,27)28/h3-10,18-19H,11-12H2,1-2H3,(H,29,35)(H,33,34)/t18-,19-/m1/s1. The fourth-order valence-electron chi connectivity index (χ4n) is 3.92. The lowest BCUT2D eigenvalue weighted by atomic mass is 10.1. The Balaban J connectivity index is 1.41. The van der Waals surface area contributed by atoms with Crippen molar-refractivity contribution < 1.29 is 37.5 Å². The summed E-state index contributed by atoms with van der Waals surface area (Å²) in [6.45, 7) is 1.72. The molecule has 1 saturated carbocycles. The highest BCUT2D eigenvalue weighted by atomic mass is 35.5. The maximum Gasteiger partial charge on any atom is 0.411 e. The van der Waals surface area contributed by atoms with Gasteiger partial charge in [-0.25, -0.2) is 13.6 Å². The Bertz CT molecular complexity index is 1340. The van der Waals surface area contributed by atoms with Crippen LogP contribution in [-0.2, 0) is 20.7 Å². The van der Waals surface area contributed by atoms with Crippen LogP contribution in [0.25, 0.3) is 11.3 Å². The summed E-state index contributed by atoms with van der Waals surface area (Å²) >= 11 is 6.11. The number of aliphatic carboxylic acids is 1. The first-order valence-corrected chi connectivity index (χ1v) is 11.5. The minimum Gasteiger partial charge on any atom is -0.481 e. The Kier molecular flexibility index (Phi) is 7.17. The zero-order chi connectivity index (χ0) is 26.9. The molecular formula is C25H22ClF2N3O6. The summed E-state index contributed by atoms with van der Waals surface area (Å²) in [5, 5.41) is 16.0. The molecule has 2 aromatic carbocycles. The molecule has 2 amide bonds. The number of rotatable bonds is 8. The van der Waals surface area contributed by atoms with Crippen LogP contribution in [0.1, 0.15) is 11.3 Å². The van der Waals surface area contributed by atoms with Gasteiger partial charge in [0.15, 0.2) is 5.76 Å². The number of benzene rings is 2. The largest absolute Gasteiger partial charge is 0.481 e. The molecule has 2 atom stereocenters. The van der Waals surface area contributed by atoms with Crippen molar-refractivity contribution in [1.82, 2.24) is 5.16 Å². The number of carbonyl (C=O) groups is 3. The van der Waals surface area contributed by atoms with Crippen LogP contribution in [0, 0.1) is 18.8 Å². The van der Waals surface area contributed by atoms with Gasteiger partial charge in [-0.3, -0.25) is 14.9 Å². The van der Waals surface area contributed by atoms with E-state index in [-0.39, 0.29) is 23.7 Å². The number of amides is 2. The second kappa shape index (κ2) is 10.2. The average Bonchev–Trinajstić information content (AvgIpc) is 3.28. The van der Waals surface area contributed by atoms with E-state index in [0.717, 1.165) is 10.5 Å². The predicted octanol–water partition coefficient (Wildman–Crippen LogP) is 5.02. The summed E-state index contributed by atoms with van der Waals surface area (Å²) in [5.41, 5.74) is 2.26. The Morgan fingerprint density at radius 3 is 2.46 bits per heavy atom. The number of ether oxygens (including phenoxy) is 1. The van der Waals surface area contributed by atoms with Crippen LogP contribution in [0.5, 0.6) is 0 Å². The van der Waals surface area contributed by atoms with E-state index in [1.165, 1.54) is 19.2 Å². The lowest BCUT2D eigenvalue weighted by molar-refractivity contribution is -0.141. The second-order valence-electron chi connectivity index (χ2n) is 8.49. The highest BCUT2D eigenvalue weighted by Gasteiger charge is 2.76. The van der Waals surface area contributed by atoms with Gasteiger partial charge in [-0.15, -0.1) is 0 Å². The van der Waals surface area contributed by atoms with E-state index in [2.05, 4.69) is 10.5 Å². The van der Waals surface area contributed by atoms with Crippen molar-refractivity contribution in [3.63, 3.8) is 0 Å². The fraction of sp³-hybridized carbons (Fsp3) is 0.280. The molecule has 9 nitrogen and oxygen atoms in total. The summed E-state index contributed by atoms with van der Waals surface area (Å²) in [7, 11) is 1.29. The number of hydrogen-bond donors (Lipinski definition) is 2. The van der Waals surface area contributed by atoms with Crippen molar-refractivity contribution in [3.05, 3.63) is 64.8 Å². The number of hydrogen-bond acceptors (Lipinski definition) is 6. The van der Waals surface area contributed by atoms with Gasteiger partial charge in [0, 0.05) is 29.7 Å². The van der Waals surface area contributed by atoms with Gasteiger partial charge in [0.25, 0.3) is 5.92 Å². The molecule has 0 spiro atoms. The molecule has 0 unspecified atom stereocenters. The van der Waals surface area contributed by atoms with Gasteiger partial charge >= 0.3 is 12.1 Å². The number of alkyl halides is 2. The van der Waals surface area contributed by atoms with E-state index in [4.69, 9.17) is 26.0 Å². The van der Waals surface area contributed by atoms with Crippen LogP contribution in [0.4, 0.5) is 25.0 Å². The third kappa shape index (κ3) is 5.26. The van der Waals surface area contributed by atoms with E-state index < -0.39 is 35.7 Å². The first-order chi connectivity index (χ1) is 17.5. The van der Waals surface area contributed by atoms with Gasteiger partial charge in [-0.1, -0.05) is 35.0 Å². The maximum absolute atomic E-state index is 13.8. The van der Waals surface area contributed by atoms with Crippen molar-refractivity contribution in [2.45, 2.75) is 19.3 Å². The monoisotopic (exact) mass is 533 g/mol. The minimum atomic E-state index is -3.59. The summed E-state index contributed by atoms with van der Waals surface area (Å²) < 4.78 is 38.1. The lowest BCUT2D eigenvalue weighted by Crippen LogP contribution is -2.30. The first-order valence-electron chi connectivity index (χ1n) is 11.1. The minimum absolute atomic E-state index is 0.0903. The van der Waals surface area contributed by atoms with E-state index in [1.807, 2.05) is 12.1 Å². The molecule has 1 fully saturated rings. The average molecular weight is 534 g/mol. The van der Waals surface area contributed by atoms with Gasteiger partial charge in [0.05, 0.1) is 6.61 Å². The second-order valence-corrected chi connectivity index (χ2v) is 8.89. The zero-order valence-electron chi connectivity index (χ0n) is 19.7. The number of halogens is 3. The topological polar surface area (TPSA) is 122 Å². The van der Waals surface area contributed by atoms with Crippen molar-refractivity contribution in [2.24, 2.45) is 11.8 Å². The van der Waals surface area contributed by atoms with Gasteiger partial charge < -0.3 is 19.3 Å². The highest BCUT2D eigenvalue weighted by molar-refractivity contribution is 6.31. The molecule has 37 heavy (non-hydrogen) atoms. The molecular weight excluding hydrogens is 512 g/mol. The van der Waals surface area contributed by atoms with Gasteiger partial charge in [-0.05, 0) is 42.8 Å². The molecule has 1 heterocycles. The molecule has 1 aliphatic carbocycles. The van der Waals surface area contributed by atoms with E-state index >= 15 is 0 Å². The smallest absolute Gasteiger partial charge is 0.411 e. The molecule has 0 radical (unpaired) electrons. The maximum atomic E-state index is 13.8. The van der Waals surface area contributed by atoms with Crippen LogP contribution < -0.4 is 10.2 Å². The van der Waals surface area contributed by atoms with Crippen LogP contribution in [0.2, 0.25) is 5.02 Å². The molecule has 3 aromatic rings. The van der Waals surface area contributed by atoms with E-state index in [0.29, 0.717) is 22.7 Å². The van der Waals surface area contributed by atoms with Crippen molar-refractivity contribution in [1.29, 1.82) is 0 Å². The summed E-state index contributed by atoms with van der Waals surface area (Å²) in [5.74, 6) is -10.0. The van der Waals surface area contributed by atoms with Gasteiger partial charge in [0.1, 0.15) is 23.2 Å². The number of carboxylic acid groups (broad SMARTS) is 1. The number of aromatic nitrogens is 1. The number of carbonyl (C=O) groups excluding carboxylic acids is 2. The number of carboxylic acids is 1. The van der Waals surface area contributed by atoms with Crippen LogP contribution in [0.15, 0.2) is 53.1 Å². The number of nitrogens with one attached hydrogen (secondary N) is 1. The molecule has 1 aromatic heterocycles.